The molecule has 9 nitrogen and oxygen atoms in total. The van der Waals surface area contributed by atoms with Gasteiger partial charge in [-0.25, -0.2) is 14.2 Å². The molecule has 0 radical (unpaired) electrons. The van der Waals surface area contributed by atoms with E-state index < -0.39 is 11.9 Å². The lowest BCUT2D eigenvalue weighted by Crippen LogP contribution is -2.19. The number of benzene rings is 2. The number of nitrogens with zero attached hydrogens (tertiary/aromatic N) is 3. The fourth-order valence-corrected chi connectivity index (χ4v) is 3.37. The van der Waals surface area contributed by atoms with E-state index in [1.54, 1.807) is 31.2 Å². The van der Waals surface area contributed by atoms with Gasteiger partial charge in [-0.1, -0.05) is 24.3 Å². The first-order valence-electron chi connectivity index (χ1n) is 9.23. The van der Waals surface area contributed by atoms with Crippen molar-refractivity contribution in [1.82, 2.24) is 20.2 Å². The Labute approximate surface area is 175 Å². The number of carboxylic acids is 1. The molecule has 10 heteroatoms. The number of halogens is 1. The third-order valence-corrected chi connectivity index (χ3v) is 4.74. The number of nitrogens with two attached hydrogens (primary N) is 1. The number of nitrogens with one attached hydrogen (secondary N) is 2. The summed E-state index contributed by atoms with van der Waals surface area (Å²) in [5.41, 5.74) is 7.59. The van der Waals surface area contributed by atoms with E-state index in [9.17, 15) is 19.1 Å². The Morgan fingerprint density at radius 3 is 2.68 bits per heavy atom. The summed E-state index contributed by atoms with van der Waals surface area (Å²) in [4.78, 5) is 30.8. The molecule has 0 aliphatic carbocycles. The first-order chi connectivity index (χ1) is 14.8. The van der Waals surface area contributed by atoms with Crippen molar-refractivity contribution in [3.8, 4) is 11.4 Å². The van der Waals surface area contributed by atoms with Crippen LogP contribution in [-0.2, 0) is 6.54 Å². The van der Waals surface area contributed by atoms with Crippen molar-refractivity contribution in [3.63, 3.8) is 0 Å². The van der Waals surface area contributed by atoms with Crippen LogP contribution in [0.15, 0.2) is 42.5 Å². The van der Waals surface area contributed by atoms with E-state index in [-0.39, 0.29) is 35.3 Å². The number of aromatic nitrogens is 4. The highest BCUT2D eigenvalue weighted by Crippen LogP contribution is 2.32. The maximum atomic E-state index is 13.4. The number of fused-ring (bicyclic) bond motifs is 1. The first-order valence-corrected chi connectivity index (χ1v) is 9.23. The first kappa shape index (κ1) is 20.0. The molecule has 0 saturated carbocycles. The number of rotatable bonds is 6. The number of para-hydroxylation sites is 1. The third-order valence-electron chi connectivity index (χ3n) is 4.74. The molecule has 2 aromatic heterocycles. The largest absolute Gasteiger partial charge is 0.478 e. The Morgan fingerprint density at radius 2 is 1.97 bits per heavy atom. The van der Waals surface area contributed by atoms with Gasteiger partial charge in [0, 0.05) is 23.2 Å². The fourth-order valence-electron chi connectivity index (χ4n) is 3.37. The summed E-state index contributed by atoms with van der Waals surface area (Å²) in [6.45, 7) is 1.93. The van der Waals surface area contributed by atoms with Crippen molar-refractivity contribution in [2.45, 2.75) is 13.5 Å². The van der Waals surface area contributed by atoms with Gasteiger partial charge in [0.05, 0.1) is 11.1 Å². The molecule has 2 aromatic carbocycles. The second-order valence-corrected chi connectivity index (χ2v) is 6.84. The van der Waals surface area contributed by atoms with Gasteiger partial charge in [0.25, 0.3) is 5.91 Å². The smallest absolute Gasteiger partial charge is 0.337 e. The highest BCUT2D eigenvalue weighted by molar-refractivity contribution is 6.07. The molecule has 0 bridgehead atoms. The molecule has 0 unspecified atom stereocenters. The van der Waals surface area contributed by atoms with Gasteiger partial charge in [-0.2, -0.15) is 0 Å². The minimum absolute atomic E-state index is 0.0879. The van der Waals surface area contributed by atoms with Crippen LogP contribution in [0, 0.1) is 12.7 Å². The number of aryl methyl sites for hydroxylation is 1. The molecule has 5 N–H and O–H groups in total. The summed E-state index contributed by atoms with van der Waals surface area (Å²) >= 11 is 0. The normalized spacial score (nSPS) is 10.9. The molecule has 0 spiro atoms. The number of amides is 1. The van der Waals surface area contributed by atoms with E-state index in [2.05, 4.69) is 25.5 Å². The van der Waals surface area contributed by atoms with Crippen LogP contribution >= 0.6 is 0 Å². The number of hydrogen-bond acceptors (Lipinski definition) is 6. The topological polar surface area (TPSA) is 147 Å². The van der Waals surface area contributed by atoms with Crippen LogP contribution in [0.3, 0.4) is 0 Å². The number of aromatic amines is 1. The second kappa shape index (κ2) is 7.82. The zero-order valence-electron chi connectivity index (χ0n) is 16.3. The summed E-state index contributed by atoms with van der Waals surface area (Å²) in [7, 11) is 0. The van der Waals surface area contributed by atoms with Gasteiger partial charge in [0.1, 0.15) is 5.82 Å². The SMILES string of the molecule is Cc1[nH]c2c(C(=O)O)cccc2c1-c1nnc(C(N)=O)c(NCc2cccc(F)c2)n1. The molecule has 156 valence electrons. The van der Waals surface area contributed by atoms with Gasteiger partial charge in [0.15, 0.2) is 17.3 Å². The van der Waals surface area contributed by atoms with E-state index in [0.717, 1.165) is 0 Å². The Morgan fingerprint density at radius 1 is 1.19 bits per heavy atom. The number of aromatic carboxylic acids is 1. The molecular formula is C21H17FN6O3. The summed E-state index contributed by atoms with van der Waals surface area (Å²) in [5, 5.41) is 20.9. The molecule has 0 fully saturated rings. The van der Waals surface area contributed by atoms with Gasteiger partial charge in [-0.15, -0.1) is 10.2 Å². The van der Waals surface area contributed by atoms with Crippen LogP contribution in [0.5, 0.6) is 0 Å². The Bertz CT molecular complexity index is 1330. The molecule has 0 aliphatic heterocycles. The molecule has 31 heavy (non-hydrogen) atoms. The van der Waals surface area contributed by atoms with Crippen molar-refractivity contribution < 1.29 is 19.1 Å². The zero-order valence-corrected chi connectivity index (χ0v) is 16.3. The molecule has 0 aliphatic rings. The highest BCUT2D eigenvalue weighted by Gasteiger charge is 2.21. The molecule has 0 saturated heterocycles. The number of H-pyrrole nitrogens is 1. The average molecular weight is 420 g/mol. The second-order valence-electron chi connectivity index (χ2n) is 6.84. The Balaban J connectivity index is 1.79. The summed E-state index contributed by atoms with van der Waals surface area (Å²) in [6, 6.07) is 10.8. The zero-order chi connectivity index (χ0) is 22.1. The van der Waals surface area contributed by atoms with E-state index in [4.69, 9.17) is 5.73 Å². The Hall–Kier alpha value is -4.34. The van der Waals surface area contributed by atoms with Gasteiger partial charge >= 0.3 is 5.97 Å². The number of anilines is 1. The van der Waals surface area contributed by atoms with E-state index in [1.165, 1.54) is 18.2 Å². The number of primary amides is 1. The lowest BCUT2D eigenvalue weighted by atomic mass is 10.1. The van der Waals surface area contributed by atoms with Gasteiger partial charge in [-0.05, 0) is 30.7 Å². The number of hydrogen-bond donors (Lipinski definition) is 4. The van der Waals surface area contributed by atoms with Crippen molar-refractivity contribution in [2.75, 3.05) is 5.32 Å². The highest BCUT2D eigenvalue weighted by atomic mass is 19.1. The molecule has 1 amide bonds. The van der Waals surface area contributed by atoms with Gasteiger partial charge < -0.3 is 21.1 Å². The minimum Gasteiger partial charge on any atom is -0.478 e. The maximum absolute atomic E-state index is 13.4. The van der Waals surface area contributed by atoms with Crippen molar-refractivity contribution in [2.24, 2.45) is 5.73 Å². The van der Waals surface area contributed by atoms with Gasteiger partial charge in [0.2, 0.25) is 0 Å². The summed E-state index contributed by atoms with van der Waals surface area (Å²) in [6.07, 6.45) is 0. The van der Waals surface area contributed by atoms with Crippen molar-refractivity contribution >= 4 is 28.6 Å². The maximum Gasteiger partial charge on any atom is 0.337 e. The summed E-state index contributed by atoms with van der Waals surface area (Å²) in [5.74, 6) is -2.02. The van der Waals surface area contributed by atoms with E-state index in [0.29, 0.717) is 27.7 Å². The number of carbonyl (C=O) groups excluding carboxylic acids is 1. The van der Waals surface area contributed by atoms with Gasteiger partial charge in [-0.3, -0.25) is 4.79 Å². The molecule has 0 atom stereocenters. The minimum atomic E-state index is -1.07. The van der Waals surface area contributed by atoms with Crippen LogP contribution < -0.4 is 11.1 Å². The average Bonchev–Trinajstić information content (AvgIpc) is 3.07. The fraction of sp³-hybridized carbons (Fsp3) is 0.0952. The predicted octanol–water partition coefficient (Wildman–Crippen LogP) is 2.88. The quantitative estimate of drug-likeness (QED) is 0.375. The molecular weight excluding hydrogens is 403 g/mol. The molecule has 2 heterocycles. The van der Waals surface area contributed by atoms with E-state index >= 15 is 0 Å². The van der Waals surface area contributed by atoms with E-state index in [1.807, 2.05) is 0 Å². The number of carboxylic acid groups (broad SMARTS) is 1. The monoisotopic (exact) mass is 420 g/mol. The van der Waals surface area contributed by atoms with Crippen LogP contribution in [0.2, 0.25) is 0 Å². The predicted molar refractivity (Wildman–Crippen MR) is 111 cm³/mol. The van der Waals surface area contributed by atoms with Crippen molar-refractivity contribution in [1.29, 1.82) is 0 Å². The lowest BCUT2D eigenvalue weighted by Gasteiger charge is -2.10. The molecule has 4 aromatic rings. The molecule has 4 rings (SSSR count). The summed E-state index contributed by atoms with van der Waals surface area (Å²) < 4.78 is 13.4. The lowest BCUT2D eigenvalue weighted by molar-refractivity contribution is 0.0698. The van der Waals surface area contributed by atoms with Crippen molar-refractivity contribution in [3.05, 3.63) is 70.8 Å². The third kappa shape index (κ3) is 3.78. The standard InChI is InChI=1S/C21H17FN6O3/c1-10-15(13-6-3-7-14(21(30)31)16(13)25-10)19-26-20(17(18(23)29)27-28-19)24-9-11-4-2-5-12(22)8-11/h2-8,25H,9H2,1H3,(H2,23,29)(H,30,31)(H,24,26,28). The van der Waals surface area contributed by atoms with Crippen LogP contribution in [0.25, 0.3) is 22.3 Å². The Kier molecular flexibility index (Phi) is 5.04. The number of carbonyl (C=O) groups is 2. The van der Waals surface area contributed by atoms with Crippen LogP contribution in [-0.4, -0.2) is 37.1 Å². The van der Waals surface area contributed by atoms with Crippen LogP contribution in [0.1, 0.15) is 32.1 Å². The van der Waals surface area contributed by atoms with Crippen LogP contribution in [0.4, 0.5) is 10.2 Å².